The van der Waals surface area contributed by atoms with Crippen LogP contribution < -0.4 is 10.4 Å². The molecule has 0 amide bonds. The summed E-state index contributed by atoms with van der Waals surface area (Å²) >= 11 is 0. The number of rotatable bonds is 2. The van der Waals surface area contributed by atoms with E-state index in [1.807, 2.05) is 0 Å². The van der Waals surface area contributed by atoms with E-state index < -0.39 is 8.31 Å². The van der Waals surface area contributed by atoms with E-state index in [1.54, 1.807) is 10.4 Å². The zero-order valence-electron chi connectivity index (χ0n) is 13.9. The first-order valence-corrected chi connectivity index (χ1v) is 13.2. The molecular formula is C18H26Si2. The summed E-state index contributed by atoms with van der Waals surface area (Å²) in [5, 5.41) is 3.38. The Morgan fingerprint density at radius 3 is 1.10 bits per heavy atom. The summed E-state index contributed by atoms with van der Waals surface area (Å²) < 4.78 is 0. The van der Waals surface area contributed by atoms with Crippen molar-refractivity contribution in [3.05, 3.63) is 57.6 Å². The summed E-state index contributed by atoms with van der Waals surface area (Å²) in [5.41, 5.74) is 8.82. The molecule has 0 saturated carbocycles. The van der Waals surface area contributed by atoms with E-state index in [0.29, 0.717) is 0 Å². The fraction of sp³-hybridized carbons (Fsp3) is 0.333. The largest absolute Gasteiger partial charge is 0.0866 e. The van der Waals surface area contributed by atoms with E-state index in [9.17, 15) is 0 Å². The van der Waals surface area contributed by atoms with Gasteiger partial charge < -0.3 is 0 Å². The zero-order valence-corrected chi connectivity index (χ0v) is 17.0. The lowest BCUT2D eigenvalue weighted by molar-refractivity contribution is 1.34. The number of benzene rings is 2. The van der Waals surface area contributed by atoms with Gasteiger partial charge in [0.2, 0.25) is 0 Å². The second-order valence-corrected chi connectivity index (χ2v) is 12.4. The minimum absolute atomic E-state index is 0.979. The second kappa shape index (κ2) is 5.70. The number of hydrogen-bond acceptors (Lipinski definition) is 0. The Hall–Kier alpha value is -1.13. The van der Waals surface area contributed by atoms with Gasteiger partial charge in [-0.05, 0) is 41.5 Å². The Balaban J connectivity index is 2.61. The molecule has 2 aromatic rings. The van der Waals surface area contributed by atoms with Crippen molar-refractivity contribution in [1.29, 1.82) is 0 Å². The Kier molecular flexibility index (Phi) is 4.35. The average Bonchev–Trinajstić information content (AvgIpc) is 2.25. The van der Waals surface area contributed by atoms with Gasteiger partial charge in [-0.3, -0.25) is 0 Å². The smallest absolute Gasteiger partial charge is 0.0565 e. The fourth-order valence-electron chi connectivity index (χ4n) is 3.89. The summed E-state index contributed by atoms with van der Waals surface area (Å²) in [6.07, 6.45) is 0. The minimum Gasteiger partial charge on any atom is -0.0565 e. The van der Waals surface area contributed by atoms with Crippen LogP contribution in [0.3, 0.4) is 0 Å². The van der Waals surface area contributed by atoms with E-state index in [1.165, 1.54) is 43.1 Å². The van der Waals surface area contributed by atoms with Crippen molar-refractivity contribution in [2.45, 2.75) is 41.5 Å². The van der Waals surface area contributed by atoms with Gasteiger partial charge in [-0.2, -0.15) is 0 Å². The third-order valence-corrected chi connectivity index (χ3v) is 11.4. The van der Waals surface area contributed by atoms with Crippen LogP contribution in [-0.4, -0.2) is 18.1 Å². The van der Waals surface area contributed by atoms with Crippen molar-refractivity contribution in [3.8, 4) is 0 Å². The van der Waals surface area contributed by atoms with Gasteiger partial charge in [0.05, 0.1) is 8.31 Å². The van der Waals surface area contributed by atoms with E-state index in [0.717, 1.165) is 0 Å². The van der Waals surface area contributed by atoms with Crippen LogP contribution in [0.25, 0.3) is 0 Å². The number of hydrogen-bond donors (Lipinski definition) is 0. The second-order valence-electron chi connectivity index (χ2n) is 6.35. The van der Waals surface area contributed by atoms with Crippen molar-refractivity contribution >= 4 is 28.4 Å². The first-order chi connectivity index (χ1) is 9.31. The van der Waals surface area contributed by atoms with Gasteiger partial charge in [-0.1, -0.05) is 68.0 Å². The van der Waals surface area contributed by atoms with Crippen LogP contribution in [-0.2, 0) is 0 Å². The van der Waals surface area contributed by atoms with E-state index in [2.05, 4.69) is 65.8 Å². The monoisotopic (exact) mass is 298 g/mol. The maximum absolute atomic E-state index is 2.36. The topological polar surface area (TPSA) is 0 Å². The minimum atomic E-state index is -0.979. The molecule has 0 atom stereocenters. The number of aryl methyl sites for hydroxylation is 6. The Morgan fingerprint density at radius 1 is 0.600 bits per heavy atom. The molecule has 0 aromatic heterocycles. The molecule has 0 bridgehead atoms. The van der Waals surface area contributed by atoms with Gasteiger partial charge in [-0.25, -0.2) is 0 Å². The van der Waals surface area contributed by atoms with Crippen LogP contribution in [0.2, 0.25) is 0 Å². The maximum Gasteiger partial charge on any atom is 0.0866 e. The highest BCUT2D eigenvalue weighted by Gasteiger charge is 2.19. The van der Waals surface area contributed by atoms with Crippen molar-refractivity contribution in [3.63, 3.8) is 0 Å². The fourth-order valence-corrected chi connectivity index (χ4v) is 12.7. The van der Waals surface area contributed by atoms with Crippen LogP contribution in [0, 0.1) is 41.5 Å². The molecule has 0 radical (unpaired) electrons. The van der Waals surface area contributed by atoms with Crippen LogP contribution >= 0.6 is 0 Å². The SMILES string of the molecule is Cc1cc(C)c([SiH]([SiH3])c2c(C)cc(C)cc2C)c(C)c1. The summed E-state index contributed by atoms with van der Waals surface area (Å²) in [6, 6.07) is 9.44. The zero-order chi connectivity index (χ0) is 15.0. The first kappa shape index (κ1) is 15.3. The molecule has 0 aliphatic carbocycles. The summed E-state index contributed by atoms with van der Waals surface area (Å²) in [6.45, 7) is 13.6. The van der Waals surface area contributed by atoms with Crippen molar-refractivity contribution in [2.24, 2.45) is 0 Å². The molecule has 2 heteroatoms. The normalized spacial score (nSPS) is 11.3. The summed E-state index contributed by atoms with van der Waals surface area (Å²) in [7, 11) is 0.315. The van der Waals surface area contributed by atoms with Crippen molar-refractivity contribution < 1.29 is 0 Å². The summed E-state index contributed by atoms with van der Waals surface area (Å²) in [5.74, 6) is 0. The predicted molar refractivity (Wildman–Crippen MR) is 97.7 cm³/mol. The average molecular weight is 299 g/mol. The quantitative estimate of drug-likeness (QED) is 0.741. The molecule has 0 saturated heterocycles. The van der Waals surface area contributed by atoms with Gasteiger partial charge in [0, 0.05) is 9.76 Å². The molecule has 0 N–H and O–H groups in total. The predicted octanol–water partition coefficient (Wildman–Crippen LogP) is 1.74. The molecule has 0 spiro atoms. The molecule has 0 unspecified atom stereocenters. The van der Waals surface area contributed by atoms with Crippen LogP contribution in [0.4, 0.5) is 0 Å². The van der Waals surface area contributed by atoms with E-state index in [-0.39, 0.29) is 0 Å². The van der Waals surface area contributed by atoms with E-state index in [4.69, 9.17) is 0 Å². The van der Waals surface area contributed by atoms with Gasteiger partial charge in [-0.15, -0.1) is 0 Å². The molecule has 0 aliphatic heterocycles. The van der Waals surface area contributed by atoms with Crippen LogP contribution in [0.1, 0.15) is 33.4 Å². The standard InChI is InChI=1S/C18H26Si2/c1-11-7-13(3)17(14(4)8-11)20(19)18-15(5)9-12(2)10-16(18)6/h7-10,20H,1-6,19H3. The molecule has 20 heavy (non-hydrogen) atoms. The summed E-state index contributed by atoms with van der Waals surface area (Å²) in [4.78, 5) is 0. The Bertz CT molecular complexity index is 553. The maximum atomic E-state index is 2.36. The van der Waals surface area contributed by atoms with Gasteiger partial charge in [0.15, 0.2) is 0 Å². The molecule has 0 fully saturated rings. The Labute approximate surface area is 128 Å². The van der Waals surface area contributed by atoms with Crippen molar-refractivity contribution in [2.75, 3.05) is 0 Å². The third-order valence-electron chi connectivity index (χ3n) is 4.34. The molecule has 106 valence electrons. The lowest BCUT2D eigenvalue weighted by Crippen LogP contribution is -2.48. The molecule has 0 heterocycles. The first-order valence-electron chi connectivity index (χ1n) is 7.46. The molecule has 0 nitrogen and oxygen atoms in total. The molecular weight excluding hydrogens is 272 g/mol. The van der Waals surface area contributed by atoms with Crippen LogP contribution in [0.15, 0.2) is 24.3 Å². The molecule has 2 aromatic carbocycles. The highest BCUT2D eigenvalue weighted by Crippen LogP contribution is 2.11. The van der Waals surface area contributed by atoms with Crippen LogP contribution in [0.5, 0.6) is 0 Å². The highest BCUT2D eigenvalue weighted by atomic mass is 29.1. The van der Waals surface area contributed by atoms with E-state index >= 15 is 0 Å². The lowest BCUT2D eigenvalue weighted by Gasteiger charge is -2.22. The van der Waals surface area contributed by atoms with Gasteiger partial charge in [0.25, 0.3) is 0 Å². The highest BCUT2D eigenvalue weighted by molar-refractivity contribution is 7.19. The molecule has 2 rings (SSSR count). The lowest BCUT2D eigenvalue weighted by atomic mass is 10.1. The Morgan fingerprint density at radius 2 is 0.850 bits per heavy atom. The molecule has 0 aliphatic rings. The van der Waals surface area contributed by atoms with Gasteiger partial charge in [0.1, 0.15) is 0 Å². The third kappa shape index (κ3) is 2.81. The van der Waals surface area contributed by atoms with Gasteiger partial charge >= 0.3 is 0 Å². The van der Waals surface area contributed by atoms with Crippen molar-refractivity contribution in [1.82, 2.24) is 0 Å².